The van der Waals surface area contributed by atoms with Gasteiger partial charge in [-0.15, -0.1) is 11.3 Å². The Morgan fingerprint density at radius 3 is 1.60 bits per heavy atom. The lowest BCUT2D eigenvalue weighted by atomic mass is 9.93. The second-order valence-corrected chi connectivity index (χ2v) is 15.5. The molecule has 0 unspecified atom stereocenters. The topological polar surface area (TPSA) is 12.5 Å². The molecule has 10 aromatic carbocycles. The summed E-state index contributed by atoms with van der Waals surface area (Å²) < 4.78 is 9.58. The molecule has 0 saturated heterocycles. The molecular formula is C52H31NOS. The van der Waals surface area contributed by atoms with Gasteiger partial charge >= 0.3 is 0 Å². The van der Waals surface area contributed by atoms with E-state index in [1.807, 2.05) is 11.3 Å². The third kappa shape index (κ3) is 4.67. The Labute approximate surface area is 321 Å². The summed E-state index contributed by atoms with van der Waals surface area (Å²) in [6.07, 6.45) is 0. The van der Waals surface area contributed by atoms with Crippen molar-refractivity contribution in [2.24, 2.45) is 0 Å². The van der Waals surface area contributed by atoms with Gasteiger partial charge in [-0.05, 0) is 115 Å². The third-order valence-electron chi connectivity index (χ3n) is 11.4. The molecule has 0 atom stereocenters. The van der Waals surface area contributed by atoms with Crippen LogP contribution >= 0.6 is 11.3 Å². The monoisotopic (exact) mass is 717 g/mol. The van der Waals surface area contributed by atoms with Gasteiger partial charge in [0.1, 0.15) is 0 Å². The van der Waals surface area contributed by atoms with Gasteiger partial charge in [0.05, 0.1) is 11.4 Å². The molecule has 0 spiro atoms. The maximum Gasteiger partial charge on any atom is 0.159 e. The average molecular weight is 718 g/mol. The first kappa shape index (κ1) is 30.5. The smallest absolute Gasteiger partial charge is 0.159 e. The number of hydrogen-bond donors (Lipinski definition) is 0. The number of hydrogen-bond acceptors (Lipinski definition) is 3. The SMILES string of the molecule is c1ccc(-c2ccc3sc4ccc(-c5ccc6c(c5)Oc5c(ccc7ccccc57)N6c5ccc6c7ccccc7c7ccccc7c6c5)cc4c3c2)cc1. The van der Waals surface area contributed by atoms with Gasteiger partial charge in [0, 0.05) is 31.2 Å². The minimum absolute atomic E-state index is 0.839. The van der Waals surface area contributed by atoms with Gasteiger partial charge in [-0.3, -0.25) is 0 Å². The normalized spacial score (nSPS) is 12.5. The van der Waals surface area contributed by atoms with Crippen LogP contribution in [-0.2, 0) is 0 Å². The quantitative estimate of drug-likeness (QED) is 0.169. The average Bonchev–Trinajstić information content (AvgIpc) is 3.63. The van der Waals surface area contributed by atoms with Crippen molar-refractivity contribution in [3.05, 3.63) is 188 Å². The van der Waals surface area contributed by atoms with Crippen LogP contribution in [0, 0.1) is 0 Å². The molecule has 1 aromatic heterocycles. The molecule has 0 aliphatic carbocycles. The predicted molar refractivity (Wildman–Crippen MR) is 235 cm³/mol. The zero-order valence-electron chi connectivity index (χ0n) is 29.7. The first-order valence-corrected chi connectivity index (χ1v) is 19.6. The van der Waals surface area contributed by atoms with E-state index in [1.165, 1.54) is 69.2 Å². The minimum atomic E-state index is 0.839. The standard InChI is InChI=1S/C52H31NOS/c1-2-10-32(11-3-1)34-20-26-50-45(28-34)46-29-35(21-27-51(46)55-50)36-19-24-47-49(30-36)54-52-38-13-5-4-12-33(38)18-25-48(52)53(47)37-22-23-43-41-16-7-6-14-39(41)40-15-8-9-17-42(40)44(43)31-37/h1-31H. The van der Waals surface area contributed by atoms with Crippen LogP contribution in [-0.4, -0.2) is 0 Å². The number of nitrogens with zero attached hydrogens (tertiary/aromatic N) is 1. The highest BCUT2D eigenvalue weighted by atomic mass is 32.1. The Balaban J connectivity index is 1.04. The molecule has 1 aliphatic rings. The largest absolute Gasteiger partial charge is 0.452 e. The molecule has 0 fully saturated rings. The van der Waals surface area contributed by atoms with Gasteiger partial charge < -0.3 is 9.64 Å². The molecule has 0 N–H and O–H groups in total. The molecule has 3 heteroatoms. The van der Waals surface area contributed by atoms with E-state index in [4.69, 9.17) is 4.74 Å². The van der Waals surface area contributed by atoms with Gasteiger partial charge in [0.2, 0.25) is 0 Å². The van der Waals surface area contributed by atoms with E-state index in [0.717, 1.165) is 44.9 Å². The highest BCUT2D eigenvalue weighted by Crippen LogP contribution is 2.54. The van der Waals surface area contributed by atoms with Crippen molar-refractivity contribution in [2.45, 2.75) is 0 Å². The van der Waals surface area contributed by atoms with Crippen LogP contribution in [0.25, 0.3) is 85.5 Å². The van der Waals surface area contributed by atoms with Gasteiger partial charge in [-0.2, -0.15) is 0 Å². The summed E-state index contributed by atoms with van der Waals surface area (Å²) in [6, 6.07) is 68.5. The van der Waals surface area contributed by atoms with Crippen LogP contribution in [0.2, 0.25) is 0 Å². The van der Waals surface area contributed by atoms with Crippen LogP contribution in [0.1, 0.15) is 0 Å². The number of rotatable bonds is 3. The molecule has 2 heterocycles. The van der Waals surface area contributed by atoms with Gasteiger partial charge in [0.15, 0.2) is 11.5 Å². The van der Waals surface area contributed by atoms with Crippen LogP contribution < -0.4 is 9.64 Å². The van der Waals surface area contributed by atoms with E-state index in [9.17, 15) is 0 Å². The number of fused-ring (bicyclic) bond motifs is 13. The molecule has 0 amide bonds. The first-order chi connectivity index (χ1) is 27.2. The second-order valence-electron chi connectivity index (χ2n) is 14.5. The maximum absolute atomic E-state index is 6.99. The van der Waals surface area contributed by atoms with E-state index >= 15 is 0 Å². The fraction of sp³-hybridized carbons (Fsp3) is 0. The number of benzene rings is 10. The van der Waals surface area contributed by atoms with Gasteiger partial charge in [0.25, 0.3) is 0 Å². The Hall–Kier alpha value is -6.94. The van der Waals surface area contributed by atoms with Crippen LogP contribution in [0.5, 0.6) is 11.5 Å². The minimum Gasteiger partial charge on any atom is -0.452 e. The molecule has 2 nitrogen and oxygen atoms in total. The molecule has 0 saturated carbocycles. The van der Waals surface area contributed by atoms with Crippen molar-refractivity contribution < 1.29 is 4.74 Å². The van der Waals surface area contributed by atoms with E-state index in [-0.39, 0.29) is 0 Å². The summed E-state index contributed by atoms with van der Waals surface area (Å²) in [7, 11) is 0. The van der Waals surface area contributed by atoms with Crippen molar-refractivity contribution >= 4 is 91.7 Å². The zero-order valence-corrected chi connectivity index (χ0v) is 30.5. The van der Waals surface area contributed by atoms with Crippen LogP contribution in [0.15, 0.2) is 188 Å². The van der Waals surface area contributed by atoms with Crippen LogP contribution in [0.3, 0.4) is 0 Å². The Kier molecular flexibility index (Phi) is 6.54. The molecule has 55 heavy (non-hydrogen) atoms. The predicted octanol–water partition coefficient (Wildman–Crippen LogP) is 15.6. The lowest BCUT2D eigenvalue weighted by Crippen LogP contribution is -2.16. The summed E-state index contributed by atoms with van der Waals surface area (Å²) in [4.78, 5) is 2.38. The Morgan fingerprint density at radius 2 is 0.891 bits per heavy atom. The third-order valence-corrected chi connectivity index (χ3v) is 12.6. The van der Waals surface area contributed by atoms with E-state index in [2.05, 4.69) is 193 Å². The molecule has 11 aromatic rings. The summed E-state index contributed by atoms with van der Waals surface area (Å²) in [5.41, 5.74) is 7.91. The number of thiophene rings is 1. The van der Waals surface area contributed by atoms with E-state index < -0.39 is 0 Å². The van der Waals surface area contributed by atoms with E-state index in [1.54, 1.807) is 0 Å². The molecular weight excluding hydrogens is 687 g/mol. The summed E-state index contributed by atoms with van der Waals surface area (Å²) in [5.74, 6) is 1.71. The van der Waals surface area contributed by atoms with Gasteiger partial charge in [-0.25, -0.2) is 0 Å². The zero-order chi connectivity index (χ0) is 36.0. The van der Waals surface area contributed by atoms with Crippen molar-refractivity contribution in [3.8, 4) is 33.8 Å². The Bertz CT molecular complexity index is 3330. The fourth-order valence-electron chi connectivity index (χ4n) is 8.79. The maximum atomic E-state index is 6.99. The lowest BCUT2D eigenvalue weighted by Gasteiger charge is -2.34. The highest BCUT2D eigenvalue weighted by Gasteiger charge is 2.28. The second kappa shape index (κ2) is 11.8. The van der Waals surface area contributed by atoms with Gasteiger partial charge in [-0.1, -0.05) is 133 Å². The summed E-state index contributed by atoms with van der Waals surface area (Å²) in [6.45, 7) is 0. The molecule has 1 aliphatic heterocycles. The Morgan fingerprint density at radius 1 is 0.345 bits per heavy atom. The number of ether oxygens (including phenoxy) is 1. The van der Waals surface area contributed by atoms with Crippen molar-refractivity contribution in [3.63, 3.8) is 0 Å². The van der Waals surface area contributed by atoms with Crippen molar-refractivity contribution in [1.82, 2.24) is 0 Å². The molecule has 256 valence electrons. The van der Waals surface area contributed by atoms with Crippen LogP contribution in [0.4, 0.5) is 17.1 Å². The van der Waals surface area contributed by atoms with E-state index in [0.29, 0.717) is 0 Å². The van der Waals surface area contributed by atoms with Crippen molar-refractivity contribution in [2.75, 3.05) is 4.90 Å². The lowest BCUT2D eigenvalue weighted by molar-refractivity contribution is 0.483. The fourth-order valence-corrected chi connectivity index (χ4v) is 9.86. The number of anilines is 3. The molecule has 0 bridgehead atoms. The van der Waals surface area contributed by atoms with Crippen molar-refractivity contribution in [1.29, 1.82) is 0 Å². The molecule has 0 radical (unpaired) electrons. The summed E-state index contributed by atoms with van der Waals surface area (Å²) in [5, 5.41) is 12.4. The first-order valence-electron chi connectivity index (χ1n) is 18.7. The highest BCUT2D eigenvalue weighted by molar-refractivity contribution is 7.25. The molecule has 12 rings (SSSR count). The summed E-state index contributed by atoms with van der Waals surface area (Å²) >= 11 is 1.85.